The Kier molecular flexibility index (Phi) is 3.72. The van der Waals surface area contributed by atoms with E-state index in [1.54, 1.807) is 30.6 Å². The van der Waals surface area contributed by atoms with Gasteiger partial charge < -0.3 is 14.6 Å². The lowest BCUT2D eigenvalue weighted by Crippen LogP contribution is -2.35. The van der Waals surface area contributed by atoms with Crippen molar-refractivity contribution in [3.63, 3.8) is 0 Å². The van der Waals surface area contributed by atoms with Gasteiger partial charge in [0.1, 0.15) is 0 Å². The number of carbonyl (C=O) groups excluding carboxylic acids is 2. The van der Waals surface area contributed by atoms with Gasteiger partial charge in [0.15, 0.2) is 0 Å². The Morgan fingerprint density at radius 3 is 2.72 bits per heavy atom. The summed E-state index contributed by atoms with van der Waals surface area (Å²) in [4.78, 5) is 33.7. The molecule has 126 valence electrons. The summed E-state index contributed by atoms with van der Waals surface area (Å²) in [6.07, 6.45) is 4.00. The van der Waals surface area contributed by atoms with Crippen LogP contribution in [-0.2, 0) is 17.7 Å². The zero-order valence-corrected chi connectivity index (χ0v) is 13.8. The average molecular weight is 335 g/mol. The van der Waals surface area contributed by atoms with Gasteiger partial charge in [-0.3, -0.25) is 9.78 Å². The molecule has 3 aromatic rings. The van der Waals surface area contributed by atoms with Crippen LogP contribution < -0.4 is 0 Å². The molecule has 1 aliphatic rings. The van der Waals surface area contributed by atoms with Crippen LogP contribution in [0.4, 0.5) is 0 Å². The molecule has 4 rings (SSSR count). The SMILES string of the molecule is COC(=O)c1ccc2[nH]c3c(c2c1)CN(C(=O)c1ccncc1)CC3. The van der Waals surface area contributed by atoms with E-state index >= 15 is 0 Å². The van der Waals surface area contributed by atoms with Crippen molar-refractivity contribution in [2.45, 2.75) is 13.0 Å². The Labute approximate surface area is 144 Å². The molecule has 0 radical (unpaired) electrons. The fourth-order valence-electron chi connectivity index (χ4n) is 3.31. The van der Waals surface area contributed by atoms with Gasteiger partial charge in [-0.25, -0.2) is 4.79 Å². The van der Waals surface area contributed by atoms with E-state index in [-0.39, 0.29) is 11.9 Å². The third-order valence-electron chi connectivity index (χ3n) is 4.61. The molecule has 0 fully saturated rings. The van der Waals surface area contributed by atoms with Crippen molar-refractivity contribution < 1.29 is 14.3 Å². The van der Waals surface area contributed by atoms with Crippen molar-refractivity contribution in [2.24, 2.45) is 0 Å². The highest BCUT2D eigenvalue weighted by atomic mass is 16.5. The van der Waals surface area contributed by atoms with Crippen LogP contribution in [0, 0.1) is 0 Å². The van der Waals surface area contributed by atoms with Gasteiger partial charge in [-0.15, -0.1) is 0 Å². The van der Waals surface area contributed by atoms with E-state index in [0.29, 0.717) is 24.2 Å². The second-order valence-corrected chi connectivity index (χ2v) is 6.05. The van der Waals surface area contributed by atoms with Crippen LogP contribution in [0.5, 0.6) is 0 Å². The second kappa shape index (κ2) is 6.05. The van der Waals surface area contributed by atoms with E-state index in [1.807, 2.05) is 17.0 Å². The molecule has 0 spiro atoms. The number of benzene rings is 1. The van der Waals surface area contributed by atoms with Crippen molar-refractivity contribution in [1.82, 2.24) is 14.9 Å². The van der Waals surface area contributed by atoms with Crippen LogP contribution in [0.2, 0.25) is 0 Å². The Hall–Kier alpha value is -3.15. The lowest BCUT2D eigenvalue weighted by atomic mass is 10.0. The standard InChI is InChI=1S/C19H17N3O3/c1-25-19(24)13-2-3-16-14(10-13)15-11-22(9-6-17(15)21-16)18(23)12-4-7-20-8-5-12/h2-5,7-8,10,21H,6,9,11H2,1H3. The van der Waals surface area contributed by atoms with Gasteiger partial charge in [0.2, 0.25) is 0 Å². The Bertz CT molecular complexity index is 963. The zero-order chi connectivity index (χ0) is 17.4. The van der Waals surface area contributed by atoms with Gasteiger partial charge in [-0.05, 0) is 30.3 Å². The molecule has 1 aliphatic heterocycles. The lowest BCUT2D eigenvalue weighted by molar-refractivity contribution is 0.0600. The van der Waals surface area contributed by atoms with Gasteiger partial charge in [0.25, 0.3) is 5.91 Å². The molecule has 1 N–H and O–H groups in total. The fourth-order valence-corrected chi connectivity index (χ4v) is 3.31. The molecule has 0 bridgehead atoms. The molecule has 25 heavy (non-hydrogen) atoms. The van der Waals surface area contributed by atoms with Gasteiger partial charge in [-0.2, -0.15) is 0 Å². The summed E-state index contributed by atoms with van der Waals surface area (Å²) in [6.45, 7) is 1.17. The normalized spacial score (nSPS) is 13.6. The number of carbonyl (C=O) groups is 2. The van der Waals surface area contributed by atoms with Gasteiger partial charge in [0.05, 0.1) is 12.7 Å². The Morgan fingerprint density at radius 1 is 1.16 bits per heavy atom. The first-order chi connectivity index (χ1) is 12.2. The molecule has 0 saturated carbocycles. The van der Waals surface area contributed by atoms with Crippen molar-refractivity contribution in [2.75, 3.05) is 13.7 Å². The molecule has 6 heteroatoms. The van der Waals surface area contributed by atoms with Crippen LogP contribution in [0.1, 0.15) is 32.0 Å². The molecule has 3 heterocycles. The molecular formula is C19H17N3O3. The smallest absolute Gasteiger partial charge is 0.337 e. The second-order valence-electron chi connectivity index (χ2n) is 6.05. The summed E-state index contributed by atoms with van der Waals surface area (Å²) in [5, 5.41) is 0.963. The molecule has 0 saturated heterocycles. The van der Waals surface area contributed by atoms with E-state index in [4.69, 9.17) is 4.74 Å². The molecule has 1 amide bonds. The minimum atomic E-state index is -0.364. The average Bonchev–Trinajstić information content (AvgIpc) is 3.04. The minimum Gasteiger partial charge on any atom is -0.465 e. The number of H-pyrrole nitrogens is 1. The summed E-state index contributed by atoms with van der Waals surface area (Å²) in [5.74, 6) is -0.371. The van der Waals surface area contributed by atoms with Crippen molar-refractivity contribution >= 4 is 22.8 Å². The summed E-state index contributed by atoms with van der Waals surface area (Å²) in [5.41, 5.74) is 4.30. The number of rotatable bonds is 2. The maximum Gasteiger partial charge on any atom is 0.337 e. The third kappa shape index (κ3) is 2.65. The van der Waals surface area contributed by atoms with E-state index in [9.17, 15) is 9.59 Å². The van der Waals surface area contributed by atoms with Crippen LogP contribution in [0.3, 0.4) is 0 Å². The van der Waals surface area contributed by atoms with Crippen LogP contribution in [0.25, 0.3) is 10.9 Å². The number of nitrogens with zero attached hydrogens (tertiary/aromatic N) is 2. The largest absolute Gasteiger partial charge is 0.465 e. The molecule has 6 nitrogen and oxygen atoms in total. The molecule has 1 aromatic carbocycles. The first-order valence-electron chi connectivity index (χ1n) is 8.08. The zero-order valence-electron chi connectivity index (χ0n) is 13.8. The number of ether oxygens (including phenoxy) is 1. The molecule has 0 atom stereocenters. The van der Waals surface area contributed by atoms with Crippen molar-refractivity contribution in [3.05, 3.63) is 65.1 Å². The summed E-state index contributed by atoms with van der Waals surface area (Å²) < 4.78 is 4.80. The first kappa shape index (κ1) is 15.4. The minimum absolute atomic E-state index is 0.00785. The highest BCUT2D eigenvalue weighted by molar-refractivity contribution is 5.97. The van der Waals surface area contributed by atoms with E-state index in [2.05, 4.69) is 9.97 Å². The van der Waals surface area contributed by atoms with Crippen molar-refractivity contribution in [3.8, 4) is 0 Å². The van der Waals surface area contributed by atoms with E-state index < -0.39 is 0 Å². The maximum atomic E-state index is 12.7. The summed E-state index contributed by atoms with van der Waals surface area (Å²) in [7, 11) is 1.37. The number of methoxy groups -OCH3 is 1. The number of fused-ring (bicyclic) bond motifs is 3. The topological polar surface area (TPSA) is 75.3 Å². The number of aromatic nitrogens is 2. The number of hydrogen-bond donors (Lipinski definition) is 1. The summed E-state index contributed by atoms with van der Waals surface area (Å²) in [6, 6.07) is 8.91. The van der Waals surface area contributed by atoms with Gasteiger partial charge >= 0.3 is 5.97 Å². The maximum absolute atomic E-state index is 12.7. The number of hydrogen-bond acceptors (Lipinski definition) is 4. The fraction of sp³-hybridized carbons (Fsp3) is 0.211. The van der Waals surface area contributed by atoms with Crippen LogP contribution in [0.15, 0.2) is 42.7 Å². The van der Waals surface area contributed by atoms with Crippen LogP contribution >= 0.6 is 0 Å². The predicted molar refractivity (Wildman–Crippen MR) is 92.3 cm³/mol. The number of esters is 1. The quantitative estimate of drug-likeness (QED) is 0.730. The molecule has 0 aliphatic carbocycles. The molecule has 2 aromatic heterocycles. The highest BCUT2D eigenvalue weighted by Crippen LogP contribution is 2.29. The van der Waals surface area contributed by atoms with Gasteiger partial charge in [0, 0.05) is 59.6 Å². The first-order valence-corrected chi connectivity index (χ1v) is 8.08. The molecular weight excluding hydrogens is 318 g/mol. The summed E-state index contributed by atoms with van der Waals surface area (Å²) >= 11 is 0. The number of nitrogens with one attached hydrogen (secondary N) is 1. The van der Waals surface area contributed by atoms with Crippen LogP contribution in [-0.4, -0.2) is 40.4 Å². The Morgan fingerprint density at radius 2 is 1.96 bits per heavy atom. The number of pyridine rings is 1. The van der Waals surface area contributed by atoms with Crippen molar-refractivity contribution in [1.29, 1.82) is 0 Å². The van der Waals surface area contributed by atoms with E-state index in [1.165, 1.54) is 7.11 Å². The van der Waals surface area contributed by atoms with E-state index in [0.717, 1.165) is 28.6 Å². The number of amides is 1. The highest BCUT2D eigenvalue weighted by Gasteiger charge is 2.25. The third-order valence-corrected chi connectivity index (χ3v) is 4.61. The van der Waals surface area contributed by atoms with Gasteiger partial charge in [-0.1, -0.05) is 0 Å². The molecule has 0 unspecified atom stereocenters. The predicted octanol–water partition coefficient (Wildman–Crippen LogP) is 2.55. The number of aromatic amines is 1. The Balaban J connectivity index is 1.69. The lowest BCUT2D eigenvalue weighted by Gasteiger charge is -2.27. The monoisotopic (exact) mass is 335 g/mol.